The number of hydrogen-bond donors (Lipinski definition) is 2. The monoisotopic (exact) mass is 318 g/mol. The minimum absolute atomic E-state index is 0.000664. The first-order valence-electron chi connectivity index (χ1n) is 8.22. The van der Waals surface area contributed by atoms with Crippen molar-refractivity contribution < 1.29 is 14.3 Å². The normalized spacial score (nSPS) is 24.0. The molecule has 124 valence electrons. The molecule has 0 aromatic carbocycles. The van der Waals surface area contributed by atoms with E-state index in [2.05, 4.69) is 15.0 Å². The molecule has 0 radical (unpaired) electrons. The average molecular weight is 318 g/mol. The standard InChI is InChI=1S/C17H22N2O4/c1-23-17(22)11-7-14(16(21)18-9-11)19-15(20)13-8-12(13)10-5-3-2-4-6-10/h7,9-10,12-13H,2-6,8H2,1H3,(H,18,21)(H,19,20)/t12-,13+/m0/s1. The van der Waals surface area contributed by atoms with E-state index < -0.39 is 11.5 Å². The van der Waals surface area contributed by atoms with Gasteiger partial charge in [0, 0.05) is 12.1 Å². The van der Waals surface area contributed by atoms with Crippen molar-refractivity contribution >= 4 is 17.6 Å². The predicted octanol–water partition coefficient (Wildman–Crippen LogP) is 2.32. The average Bonchev–Trinajstić information content (AvgIpc) is 3.37. The van der Waals surface area contributed by atoms with Crippen molar-refractivity contribution in [2.75, 3.05) is 12.4 Å². The van der Waals surface area contributed by atoms with Gasteiger partial charge in [-0.15, -0.1) is 0 Å². The maximum Gasteiger partial charge on any atom is 0.339 e. The number of carbonyl (C=O) groups is 2. The summed E-state index contributed by atoms with van der Waals surface area (Å²) in [4.78, 5) is 38.1. The Hall–Kier alpha value is -2.11. The molecule has 2 aliphatic carbocycles. The summed E-state index contributed by atoms with van der Waals surface area (Å²) in [6, 6.07) is 1.36. The van der Waals surface area contributed by atoms with Crippen LogP contribution in [0.1, 0.15) is 48.9 Å². The molecule has 0 aliphatic heterocycles. The summed E-state index contributed by atoms with van der Waals surface area (Å²) < 4.78 is 4.62. The largest absolute Gasteiger partial charge is 0.465 e. The molecule has 0 bridgehead atoms. The van der Waals surface area contributed by atoms with Gasteiger partial charge in [0.05, 0.1) is 12.7 Å². The number of anilines is 1. The van der Waals surface area contributed by atoms with Crippen LogP contribution in [0, 0.1) is 17.8 Å². The topological polar surface area (TPSA) is 88.3 Å². The van der Waals surface area contributed by atoms with E-state index >= 15 is 0 Å². The highest BCUT2D eigenvalue weighted by Gasteiger charge is 2.47. The van der Waals surface area contributed by atoms with Crippen LogP contribution in [0.4, 0.5) is 5.69 Å². The molecular formula is C17H22N2O4. The number of methoxy groups -OCH3 is 1. The number of amides is 1. The van der Waals surface area contributed by atoms with Crippen molar-refractivity contribution in [1.82, 2.24) is 4.98 Å². The highest BCUT2D eigenvalue weighted by Crippen LogP contribution is 2.49. The Balaban J connectivity index is 1.64. The fraction of sp³-hybridized carbons (Fsp3) is 0.588. The fourth-order valence-electron chi connectivity index (χ4n) is 3.64. The van der Waals surface area contributed by atoms with Crippen LogP contribution >= 0.6 is 0 Å². The summed E-state index contributed by atoms with van der Waals surface area (Å²) >= 11 is 0. The van der Waals surface area contributed by atoms with Crippen LogP contribution in [-0.2, 0) is 9.53 Å². The Morgan fingerprint density at radius 3 is 2.70 bits per heavy atom. The molecule has 0 spiro atoms. The zero-order valence-electron chi connectivity index (χ0n) is 13.3. The van der Waals surface area contributed by atoms with E-state index in [-0.39, 0.29) is 23.1 Å². The van der Waals surface area contributed by atoms with E-state index in [1.165, 1.54) is 51.5 Å². The van der Waals surface area contributed by atoms with Gasteiger partial charge in [-0.3, -0.25) is 9.59 Å². The van der Waals surface area contributed by atoms with Crippen LogP contribution in [0.2, 0.25) is 0 Å². The van der Waals surface area contributed by atoms with Crippen molar-refractivity contribution in [2.45, 2.75) is 38.5 Å². The molecule has 2 atom stereocenters. The molecule has 3 rings (SSSR count). The minimum atomic E-state index is -0.553. The summed E-state index contributed by atoms with van der Waals surface area (Å²) in [5, 5.41) is 2.67. The number of aromatic amines is 1. The van der Waals surface area contributed by atoms with Crippen molar-refractivity contribution in [1.29, 1.82) is 0 Å². The Morgan fingerprint density at radius 2 is 2.00 bits per heavy atom. The second kappa shape index (κ2) is 6.56. The first-order chi connectivity index (χ1) is 11.1. The number of pyridine rings is 1. The molecule has 2 aliphatic rings. The SMILES string of the molecule is COC(=O)c1c[nH]c(=O)c(NC(=O)[C@@H]2C[C@H]2C2CCCCC2)c1. The summed E-state index contributed by atoms with van der Waals surface area (Å²) in [6.45, 7) is 0. The Morgan fingerprint density at radius 1 is 1.26 bits per heavy atom. The molecule has 6 nitrogen and oxygen atoms in total. The number of carbonyl (C=O) groups excluding carboxylic acids is 2. The summed E-state index contributed by atoms with van der Waals surface area (Å²) in [7, 11) is 1.27. The second-order valence-electron chi connectivity index (χ2n) is 6.52. The third kappa shape index (κ3) is 3.46. The zero-order chi connectivity index (χ0) is 16.4. The van der Waals surface area contributed by atoms with Gasteiger partial charge in [-0.1, -0.05) is 32.1 Å². The van der Waals surface area contributed by atoms with E-state index in [0.29, 0.717) is 11.8 Å². The van der Waals surface area contributed by atoms with Gasteiger partial charge in [-0.25, -0.2) is 4.79 Å². The number of hydrogen-bond acceptors (Lipinski definition) is 4. The molecule has 1 aromatic heterocycles. The van der Waals surface area contributed by atoms with E-state index in [9.17, 15) is 14.4 Å². The Bertz CT molecular complexity index is 661. The van der Waals surface area contributed by atoms with Gasteiger partial charge in [0.25, 0.3) is 5.56 Å². The van der Waals surface area contributed by atoms with Crippen LogP contribution in [0.3, 0.4) is 0 Å². The van der Waals surface area contributed by atoms with Gasteiger partial charge in [-0.2, -0.15) is 0 Å². The zero-order valence-corrected chi connectivity index (χ0v) is 13.3. The highest BCUT2D eigenvalue weighted by atomic mass is 16.5. The van der Waals surface area contributed by atoms with Gasteiger partial charge in [0.2, 0.25) is 5.91 Å². The first-order valence-corrected chi connectivity index (χ1v) is 8.22. The number of ether oxygens (including phenoxy) is 1. The van der Waals surface area contributed by atoms with Crippen molar-refractivity contribution in [2.24, 2.45) is 17.8 Å². The molecule has 2 N–H and O–H groups in total. The Labute approximate surface area is 134 Å². The third-order valence-corrected chi connectivity index (χ3v) is 5.01. The predicted molar refractivity (Wildman–Crippen MR) is 85.2 cm³/mol. The molecular weight excluding hydrogens is 296 g/mol. The number of H-pyrrole nitrogens is 1. The van der Waals surface area contributed by atoms with Crippen LogP contribution in [0.25, 0.3) is 0 Å². The first kappa shape index (κ1) is 15.8. The molecule has 0 saturated heterocycles. The summed E-state index contributed by atoms with van der Waals surface area (Å²) in [5.74, 6) is 0.438. The number of rotatable bonds is 4. The van der Waals surface area contributed by atoms with Crippen molar-refractivity contribution in [3.05, 3.63) is 28.2 Å². The minimum Gasteiger partial charge on any atom is -0.465 e. The maximum atomic E-state index is 12.4. The molecule has 23 heavy (non-hydrogen) atoms. The molecule has 6 heteroatoms. The molecule has 2 fully saturated rings. The van der Waals surface area contributed by atoms with E-state index in [0.717, 1.165) is 6.42 Å². The van der Waals surface area contributed by atoms with Crippen LogP contribution in [-0.4, -0.2) is 24.0 Å². The van der Waals surface area contributed by atoms with Gasteiger partial charge < -0.3 is 15.0 Å². The van der Waals surface area contributed by atoms with E-state index in [1.807, 2.05) is 0 Å². The van der Waals surface area contributed by atoms with Gasteiger partial charge in [0.1, 0.15) is 5.69 Å². The van der Waals surface area contributed by atoms with Crippen molar-refractivity contribution in [3.8, 4) is 0 Å². The lowest BCUT2D eigenvalue weighted by molar-refractivity contribution is -0.117. The molecule has 2 saturated carbocycles. The number of nitrogens with one attached hydrogen (secondary N) is 2. The van der Waals surface area contributed by atoms with Crippen LogP contribution in [0.5, 0.6) is 0 Å². The fourth-order valence-corrected chi connectivity index (χ4v) is 3.64. The number of aromatic nitrogens is 1. The molecule has 0 unspecified atom stereocenters. The van der Waals surface area contributed by atoms with Gasteiger partial charge in [-0.05, 0) is 24.3 Å². The van der Waals surface area contributed by atoms with E-state index in [4.69, 9.17) is 0 Å². The highest BCUT2D eigenvalue weighted by molar-refractivity contribution is 5.96. The lowest BCUT2D eigenvalue weighted by Gasteiger charge is -2.21. The lowest BCUT2D eigenvalue weighted by atomic mass is 9.85. The Kier molecular flexibility index (Phi) is 4.50. The quantitative estimate of drug-likeness (QED) is 0.834. The van der Waals surface area contributed by atoms with E-state index in [1.54, 1.807) is 0 Å². The smallest absolute Gasteiger partial charge is 0.339 e. The second-order valence-corrected chi connectivity index (χ2v) is 6.52. The maximum absolute atomic E-state index is 12.4. The van der Waals surface area contributed by atoms with Crippen LogP contribution in [0.15, 0.2) is 17.1 Å². The lowest BCUT2D eigenvalue weighted by Crippen LogP contribution is -2.23. The summed E-state index contributed by atoms with van der Waals surface area (Å²) in [6.07, 6.45) is 8.44. The van der Waals surface area contributed by atoms with Crippen LogP contribution < -0.4 is 10.9 Å². The molecule has 1 amide bonds. The molecule has 1 heterocycles. The van der Waals surface area contributed by atoms with Gasteiger partial charge in [0.15, 0.2) is 0 Å². The third-order valence-electron chi connectivity index (χ3n) is 5.01. The summed E-state index contributed by atoms with van der Waals surface area (Å²) in [5.41, 5.74) is -0.102. The van der Waals surface area contributed by atoms with Gasteiger partial charge >= 0.3 is 5.97 Å². The van der Waals surface area contributed by atoms with Crippen molar-refractivity contribution in [3.63, 3.8) is 0 Å². The number of esters is 1. The molecule has 1 aromatic rings.